The maximum atomic E-state index is 12.8. The van der Waals surface area contributed by atoms with Crippen LogP contribution in [-0.4, -0.2) is 39.6 Å². The molecule has 2 aromatic carbocycles. The zero-order valence-corrected chi connectivity index (χ0v) is 15.7. The van der Waals surface area contributed by atoms with Crippen molar-refractivity contribution in [1.29, 1.82) is 0 Å². The summed E-state index contributed by atoms with van der Waals surface area (Å²) in [6, 6.07) is 15.9. The molecule has 0 atom stereocenters. The van der Waals surface area contributed by atoms with E-state index in [0.717, 1.165) is 11.1 Å². The molecule has 0 saturated carbocycles. The van der Waals surface area contributed by atoms with Gasteiger partial charge in [0.05, 0.1) is 12.0 Å². The number of halogens is 1. The summed E-state index contributed by atoms with van der Waals surface area (Å²) in [5.74, 6) is 0.212. The molecular weight excluding hydrogens is 379 g/mol. The SMILES string of the molecule is O=C(CSc1n[nH]c(N/N=C\c2ccccc2)n1)NCCc1ccc(F)cc1. The number of carbonyl (C=O) groups is 1. The number of hydrogen-bond acceptors (Lipinski definition) is 6. The fraction of sp³-hybridized carbons (Fsp3) is 0.158. The van der Waals surface area contributed by atoms with Crippen LogP contribution in [0.15, 0.2) is 64.9 Å². The first kappa shape index (κ1) is 19.6. The van der Waals surface area contributed by atoms with Crippen molar-refractivity contribution in [2.75, 3.05) is 17.7 Å². The van der Waals surface area contributed by atoms with Gasteiger partial charge in [-0.25, -0.2) is 14.9 Å². The van der Waals surface area contributed by atoms with E-state index in [4.69, 9.17) is 0 Å². The summed E-state index contributed by atoms with van der Waals surface area (Å²) in [4.78, 5) is 16.1. The summed E-state index contributed by atoms with van der Waals surface area (Å²) in [5.41, 5.74) is 4.68. The monoisotopic (exact) mass is 398 g/mol. The maximum absolute atomic E-state index is 12.8. The minimum atomic E-state index is -0.268. The first-order chi connectivity index (χ1) is 13.7. The highest BCUT2D eigenvalue weighted by atomic mass is 32.2. The standard InChI is InChI=1S/C19H19FN6OS/c20-16-8-6-14(7-9-16)10-11-21-17(27)13-28-19-23-18(25-26-19)24-22-12-15-4-2-1-3-5-15/h1-9,12H,10-11,13H2,(H,21,27)(H2,23,24,25,26)/b22-12-. The third kappa shape index (κ3) is 6.51. The molecule has 0 fully saturated rings. The van der Waals surface area contributed by atoms with Gasteiger partial charge in [0.15, 0.2) is 0 Å². The highest BCUT2D eigenvalue weighted by Gasteiger charge is 2.07. The van der Waals surface area contributed by atoms with Gasteiger partial charge in [0.25, 0.3) is 0 Å². The highest BCUT2D eigenvalue weighted by molar-refractivity contribution is 7.99. The van der Waals surface area contributed by atoms with Gasteiger partial charge in [-0.15, -0.1) is 5.10 Å². The number of carbonyl (C=O) groups excluding carboxylic acids is 1. The van der Waals surface area contributed by atoms with Gasteiger partial charge in [0.1, 0.15) is 5.82 Å². The number of benzene rings is 2. The Hall–Kier alpha value is -3.20. The Labute approximate surface area is 165 Å². The molecule has 3 rings (SSSR count). The second-order valence-electron chi connectivity index (χ2n) is 5.76. The van der Waals surface area contributed by atoms with Gasteiger partial charge in [0.2, 0.25) is 17.0 Å². The molecule has 0 aliphatic heterocycles. The van der Waals surface area contributed by atoms with Crippen molar-refractivity contribution in [3.05, 3.63) is 71.5 Å². The fourth-order valence-electron chi connectivity index (χ4n) is 2.25. The van der Waals surface area contributed by atoms with Gasteiger partial charge in [-0.2, -0.15) is 10.1 Å². The summed E-state index contributed by atoms with van der Waals surface area (Å²) in [7, 11) is 0. The summed E-state index contributed by atoms with van der Waals surface area (Å²) in [6.07, 6.45) is 2.31. The summed E-state index contributed by atoms with van der Waals surface area (Å²) in [6.45, 7) is 0.486. The van der Waals surface area contributed by atoms with Gasteiger partial charge in [-0.1, -0.05) is 54.2 Å². The van der Waals surface area contributed by atoms with E-state index in [1.165, 1.54) is 23.9 Å². The average molecular weight is 398 g/mol. The Morgan fingerprint density at radius 2 is 1.96 bits per heavy atom. The van der Waals surface area contributed by atoms with Gasteiger partial charge >= 0.3 is 0 Å². The Kier molecular flexibility index (Phi) is 7.14. The molecule has 1 heterocycles. The molecule has 0 unspecified atom stereocenters. The number of thioether (sulfide) groups is 1. The fourth-order valence-corrected chi connectivity index (χ4v) is 2.87. The van der Waals surface area contributed by atoms with Crippen molar-refractivity contribution in [3.63, 3.8) is 0 Å². The lowest BCUT2D eigenvalue weighted by atomic mass is 10.1. The van der Waals surface area contributed by atoms with E-state index in [9.17, 15) is 9.18 Å². The molecule has 3 aromatic rings. The van der Waals surface area contributed by atoms with Crippen LogP contribution in [0.4, 0.5) is 10.3 Å². The lowest BCUT2D eigenvalue weighted by Crippen LogP contribution is -2.27. The van der Waals surface area contributed by atoms with E-state index in [1.807, 2.05) is 30.3 Å². The summed E-state index contributed by atoms with van der Waals surface area (Å²) in [5, 5.41) is 14.1. The van der Waals surface area contributed by atoms with E-state index >= 15 is 0 Å². The third-order valence-electron chi connectivity index (χ3n) is 3.63. The minimum absolute atomic E-state index is 0.117. The number of hydrazone groups is 1. The number of amides is 1. The molecule has 1 amide bonds. The van der Waals surface area contributed by atoms with Gasteiger partial charge < -0.3 is 5.32 Å². The molecule has 144 valence electrons. The summed E-state index contributed by atoms with van der Waals surface area (Å²) < 4.78 is 12.8. The molecule has 0 saturated heterocycles. The first-order valence-corrected chi connectivity index (χ1v) is 9.58. The molecule has 0 radical (unpaired) electrons. The zero-order valence-electron chi connectivity index (χ0n) is 14.9. The van der Waals surface area contributed by atoms with E-state index in [0.29, 0.717) is 24.1 Å². The van der Waals surface area contributed by atoms with Crippen LogP contribution in [0, 0.1) is 5.82 Å². The van der Waals surface area contributed by atoms with Crippen LogP contribution in [0.5, 0.6) is 0 Å². The molecule has 1 aromatic heterocycles. The van der Waals surface area contributed by atoms with Crippen LogP contribution < -0.4 is 10.7 Å². The van der Waals surface area contributed by atoms with E-state index in [1.54, 1.807) is 18.3 Å². The predicted molar refractivity (Wildman–Crippen MR) is 108 cm³/mol. The number of aromatic amines is 1. The molecule has 28 heavy (non-hydrogen) atoms. The van der Waals surface area contributed by atoms with Crippen molar-refractivity contribution in [3.8, 4) is 0 Å². The normalized spacial score (nSPS) is 10.9. The van der Waals surface area contributed by atoms with Crippen LogP contribution in [0.3, 0.4) is 0 Å². The number of nitrogens with zero attached hydrogens (tertiary/aromatic N) is 3. The van der Waals surface area contributed by atoms with Crippen molar-refractivity contribution < 1.29 is 9.18 Å². The second kappa shape index (κ2) is 10.2. The second-order valence-corrected chi connectivity index (χ2v) is 6.70. The van der Waals surface area contributed by atoms with Crippen LogP contribution in [0.2, 0.25) is 0 Å². The molecule has 0 spiro atoms. The first-order valence-electron chi connectivity index (χ1n) is 8.59. The highest BCUT2D eigenvalue weighted by Crippen LogP contribution is 2.13. The average Bonchev–Trinajstić information content (AvgIpc) is 3.17. The van der Waals surface area contributed by atoms with Crippen molar-refractivity contribution in [2.45, 2.75) is 11.6 Å². The number of nitrogens with one attached hydrogen (secondary N) is 3. The van der Waals surface area contributed by atoms with Crippen molar-refractivity contribution in [1.82, 2.24) is 20.5 Å². The molecule has 0 aliphatic rings. The van der Waals surface area contributed by atoms with Crippen LogP contribution in [-0.2, 0) is 11.2 Å². The zero-order chi connectivity index (χ0) is 19.6. The molecule has 7 nitrogen and oxygen atoms in total. The van der Waals surface area contributed by atoms with Gasteiger partial charge in [-0.3, -0.25) is 4.79 Å². The lowest BCUT2D eigenvalue weighted by molar-refractivity contribution is -0.118. The van der Waals surface area contributed by atoms with Gasteiger partial charge in [0, 0.05) is 6.54 Å². The molecule has 0 aliphatic carbocycles. The number of hydrogen-bond donors (Lipinski definition) is 3. The number of rotatable bonds is 9. The van der Waals surface area contributed by atoms with E-state index in [-0.39, 0.29) is 17.5 Å². The molecule has 3 N–H and O–H groups in total. The molecule has 9 heteroatoms. The van der Waals surface area contributed by atoms with Crippen LogP contribution >= 0.6 is 11.8 Å². The Morgan fingerprint density at radius 1 is 1.18 bits per heavy atom. The quantitative estimate of drug-likeness (QED) is 0.293. The Bertz CT molecular complexity index is 914. The van der Waals surface area contributed by atoms with E-state index < -0.39 is 0 Å². The van der Waals surface area contributed by atoms with Crippen LogP contribution in [0.1, 0.15) is 11.1 Å². The predicted octanol–water partition coefficient (Wildman–Crippen LogP) is 2.84. The topological polar surface area (TPSA) is 95.1 Å². The Morgan fingerprint density at radius 3 is 2.75 bits per heavy atom. The number of H-pyrrole nitrogens is 1. The summed E-state index contributed by atoms with van der Waals surface area (Å²) >= 11 is 1.22. The van der Waals surface area contributed by atoms with Crippen molar-refractivity contribution in [2.24, 2.45) is 5.10 Å². The van der Waals surface area contributed by atoms with Crippen LogP contribution in [0.25, 0.3) is 0 Å². The number of aromatic nitrogens is 3. The molecule has 0 bridgehead atoms. The van der Waals surface area contributed by atoms with Crippen molar-refractivity contribution >= 4 is 29.8 Å². The van der Waals surface area contributed by atoms with E-state index in [2.05, 4.69) is 31.0 Å². The molecular formula is C19H19FN6OS. The maximum Gasteiger partial charge on any atom is 0.240 e. The smallest absolute Gasteiger partial charge is 0.240 e. The third-order valence-corrected chi connectivity index (χ3v) is 4.48. The largest absolute Gasteiger partial charge is 0.355 e. The number of anilines is 1. The Balaban J connectivity index is 1.36. The lowest BCUT2D eigenvalue weighted by Gasteiger charge is -2.04. The van der Waals surface area contributed by atoms with Gasteiger partial charge in [-0.05, 0) is 29.7 Å². The minimum Gasteiger partial charge on any atom is -0.355 e.